The average molecular weight is 394 g/mol. The fraction of sp³-hybridized carbons (Fsp3) is 0.182. The maximum Gasteiger partial charge on any atom is 0.158 e. The molecule has 3 rings (SSSR count). The summed E-state index contributed by atoms with van der Waals surface area (Å²) >= 11 is 0. The van der Waals surface area contributed by atoms with Gasteiger partial charge in [0.15, 0.2) is 11.5 Å². The number of benzene rings is 2. The van der Waals surface area contributed by atoms with E-state index in [-0.39, 0.29) is 17.2 Å². The zero-order valence-corrected chi connectivity index (χ0v) is 16.2. The minimum atomic E-state index is -0.212. The van der Waals surface area contributed by atoms with Crippen molar-refractivity contribution in [3.63, 3.8) is 0 Å². The van der Waals surface area contributed by atoms with Crippen molar-refractivity contribution < 1.29 is 24.8 Å². The molecule has 0 saturated carbocycles. The highest BCUT2D eigenvalue weighted by molar-refractivity contribution is 5.99. The number of nitrogens with zero attached hydrogens (tertiary/aromatic N) is 2. The molecule has 0 fully saturated rings. The van der Waals surface area contributed by atoms with Gasteiger partial charge >= 0.3 is 0 Å². The second kappa shape index (κ2) is 9.07. The zero-order valence-electron chi connectivity index (χ0n) is 16.2. The molecule has 0 bridgehead atoms. The van der Waals surface area contributed by atoms with E-state index in [4.69, 9.17) is 9.47 Å². The van der Waals surface area contributed by atoms with E-state index < -0.39 is 0 Å². The van der Waals surface area contributed by atoms with Gasteiger partial charge in [-0.15, -0.1) is 0 Å². The molecular formula is C22H22N2O5. The molecule has 0 amide bonds. The highest BCUT2D eigenvalue weighted by Crippen LogP contribution is 2.36. The molecule has 0 aliphatic heterocycles. The SMILES string of the molecule is COCC/C(=C\N=Cc1ccc(O)c(O)c1)c1ncc(O)c2c(OC)cccc12. The van der Waals surface area contributed by atoms with Crippen LogP contribution in [-0.2, 0) is 4.74 Å². The highest BCUT2D eigenvalue weighted by atomic mass is 16.5. The van der Waals surface area contributed by atoms with Crippen LogP contribution in [0.5, 0.6) is 23.0 Å². The predicted octanol–water partition coefficient (Wildman–Crippen LogP) is 3.86. The maximum atomic E-state index is 10.3. The van der Waals surface area contributed by atoms with Crippen LogP contribution < -0.4 is 4.74 Å². The molecule has 1 heterocycles. The van der Waals surface area contributed by atoms with E-state index in [1.807, 2.05) is 12.1 Å². The van der Waals surface area contributed by atoms with Crippen LogP contribution in [0.4, 0.5) is 0 Å². The van der Waals surface area contributed by atoms with Gasteiger partial charge in [-0.05, 0) is 41.8 Å². The van der Waals surface area contributed by atoms with Crippen LogP contribution in [-0.4, -0.2) is 47.3 Å². The quantitative estimate of drug-likeness (QED) is 0.415. The second-order valence-corrected chi connectivity index (χ2v) is 6.30. The fourth-order valence-electron chi connectivity index (χ4n) is 2.97. The summed E-state index contributed by atoms with van der Waals surface area (Å²) in [5, 5.41) is 30.6. The Balaban J connectivity index is 2.05. The van der Waals surface area contributed by atoms with Gasteiger partial charge in [0, 0.05) is 24.9 Å². The first kappa shape index (κ1) is 20.2. The highest BCUT2D eigenvalue weighted by Gasteiger charge is 2.14. The molecule has 0 saturated heterocycles. The van der Waals surface area contributed by atoms with Crippen LogP contribution in [0.1, 0.15) is 17.7 Å². The van der Waals surface area contributed by atoms with Crippen LogP contribution in [0.15, 0.2) is 53.8 Å². The van der Waals surface area contributed by atoms with Crippen molar-refractivity contribution in [3.8, 4) is 23.0 Å². The topological polar surface area (TPSA) is 104 Å². The minimum Gasteiger partial charge on any atom is -0.506 e. The first-order chi connectivity index (χ1) is 14.0. The first-order valence-electron chi connectivity index (χ1n) is 8.93. The molecule has 150 valence electrons. The van der Waals surface area contributed by atoms with Crippen molar-refractivity contribution in [1.82, 2.24) is 4.98 Å². The molecular weight excluding hydrogens is 372 g/mol. The van der Waals surface area contributed by atoms with Crippen LogP contribution in [0.25, 0.3) is 16.3 Å². The number of phenols is 2. The Morgan fingerprint density at radius 2 is 1.90 bits per heavy atom. The summed E-state index contributed by atoms with van der Waals surface area (Å²) < 4.78 is 10.6. The van der Waals surface area contributed by atoms with E-state index in [0.717, 1.165) is 11.0 Å². The maximum absolute atomic E-state index is 10.3. The van der Waals surface area contributed by atoms with Crippen molar-refractivity contribution in [1.29, 1.82) is 0 Å². The minimum absolute atomic E-state index is 0.0374. The lowest BCUT2D eigenvalue weighted by Gasteiger charge is -2.12. The van der Waals surface area contributed by atoms with E-state index in [2.05, 4.69) is 9.98 Å². The Morgan fingerprint density at radius 1 is 1.07 bits per heavy atom. The predicted molar refractivity (Wildman–Crippen MR) is 112 cm³/mol. The van der Waals surface area contributed by atoms with Gasteiger partial charge in [-0.25, -0.2) is 0 Å². The third kappa shape index (κ3) is 4.47. The Hall–Kier alpha value is -3.58. The average Bonchev–Trinajstić information content (AvgIpc) is 2.73. The number of hydrogen-bond donors (Lipinski definition) is 3. The van der Waals surface area contributed by atoms with Gasteiger partial charge < -0.3 is 24.8 Å². The third-order valence-electron chi connectivity index (χ3n) is 4.41. The Morgan fingerprint density at radius 3 is 2.62 bits per heavy atom. The van der Waals surface area contributed by atoms with Gasteiger partial charge in [-0.3, -0.25) is 9.98 Å². The van der Waals surface area contributed by atoms with E-state index in [1.165, 1.54) is 18.3 Å². The van der Waals surface area contributed by atoms with Crippen LogP contribution in [0, 0.1) is 0 Å². The van der Waals surface area contributed by atoms with Crippen molar-refractivity contribution in [2.75, 3.05) is 20.8 Å². The number of ether oxygens (including phenoxy) is 2. The lowest BCUT2D eigenvalue weighted by atomic mass is 10.0. The number of phenolic OH excluding ortho intramolecular Hbond substituents is 2. The summed E-state index contributed by atoms with van der Waals surface area (Å²) in [4.78, 5) is 8.75. The number of fused-ring (bicyclic) bond motifs is 1. The molecule has 3 aromatic rings. The molecule has 0 spiro atoms. The number of rotatable bonds is 7. The molecule has 7 nitrogen and oxygen atoms in total. The second-order valence-electron chi connectivity index (χ2n) is 6.30. The van der Waals surface area contributed by atoms with Gasteiger partial charge in [0.25, 0.3) is 0 Å². The fourth-order valence-corrected chi connectivity index (χ4v) is 2.97. The Bertz CT molecular complexity index is 1080. The number of aromatic hydroxyl groups is 3. The van der Waals surface area contributed by atoms with Crippen molar-refractivity contribution in [2.45, 2.75) is 6.42 Å². The lowest BCUT2D eigenvalue weighted by molar-refractivity contribution is 0.206. The summed E-state index contributed by atoms with van der Waals surface area (Å²) in [7, 11) is 3.17. The first-order valence-corrected chi connectivity index (χ1v) is 8.93. The van der Waals surface area contributed by atoms with E-state index in [0.29, 0.717) is 35.4 Å². The van der Waals surface area contributed by atoms with Crippen LogP contribution >= 0.6 is 0 Å². The Labute approximate surface area is 168 Å². The van der Waals surface area contributed by atoms with Crippen molar-refractivity contribution in [3.05, 3.63) is 60.1 Å². The normalized spacial score (nSPS) is 12.0. The molecule has 3 N–H and O–H groups in total. The summed E-state index contributed by atoms with van der Waals surface area (Å²) in [5.41, 5.74) is 2.11. The summed E-state index contributed by atoms with van der Waals surface area (Å²) in [5.74, 6) is 0.191. The van der Waals surface area contributed by atoms with Gasteiger partial charge in [0.05, 0.1) is 31.0 Å². The monoisotopic (exact) mass is 394 g/mol. The van der Waals surface area contributed by atoms with Gasteiger partial charge in [0.2, 0.25) is 0 Å². The lowest BCUT2D eigenvalue weighted by Crippen LogP contribution is -1.97. The largest absolute Gasteiger partial charge is 0.506 e. The molecule has 0 unspecified atom stereocenters. The molecule has 0 aliphatic carbocycles. The molecule has 0 radical (unpaired) electrons. The number of pyridine rings is 1. The van der Waals surface area contributed by atoms with Gasteiger partial charge in [-0.2, -0.15) is 0 Å². The molecule has 1 aromatic heterocycles. The molecule has 2 aromatic carbocycles. The summed E-state index contributed by atoms with van der Waals surface area (Å²) in [6.45, 7) is 0.468. The van der Waals surface area contributed by atoms with Crippen LogP contribution in [0.3, 0.4) is 0 Å². The summed E-state index contributed by atoms with van der Waals surface area (Å²) in [6, 6.07) is 9.93. The number of aliphatic imine (C=N–C) groups is 1. The molecule has 0 aliphatic rings. The zero-order chi connectivity index (χ0) is 20.8. The van der Waals surface area contributed by atoms with Crippen LogP contribution in [0.2, 0.25) is 0 Å². The van der Waals surface area contributed by atoms with Crippen molar-refractivity contribution in [2.24, 2.45) is 4.99 Å². The van der Waals surface area contributed by atoms with Gasteiger partial charge in [0.1, 0.15) is 11.5 Å². The Kier molecular flexibility index (Phi) is 6.31. The number of hydrogen-bond acceptors (Lipinski definition) is 7. The van der Waals surface area contributed by atoms with E-state index >= 15 is 0 Å². The number of aromatic nitrogens is 1. The van der Waals surface area contributed by atoms with Crippen molar-refractivity contribution >= 4 is 22.6 Å². The summed E-state index contributed by atoms with van der Waals surface area (Å²) in [6.07, 6.45) is 5.18. The molecule has 7 heteroatoms. The third-order valence-corrected chi connectivity index (χ3v) is 4.41. The molecule has 0 atom stereocenters. The smallest absolute Gasteiger partial charge is 0.158 e. The van der Waals surface area contributed by atoms with Gasteiger partial charge in [-0.1, -0.05) is 12.1 Å². The number of methoxy groups -OCH3 is 2. The molecule has 29 heavy (non-hydrogen) atoms. The van der Waals surface area contributed by atoms with E-state index in [1.54, 1.807) is 38.8 Å². The standard InChI is InChI=1S/C22H22N2O5/c1-28-9-8-15(12-23-11-14-6-7-17(25)18(26)10-14)22-16-4-3-5-20(29-2)21(16)19(27)13-24-22/h3-7,10-13,25-27H,8-9H2,1-2H3/b15-12+,23-11?. The van der Waals surface area contributed by atoms with E-state index in [9.17, 15) is 15.3 Å².